The van der Waals surface area contributed by atoms with Crippen molar-refractivity contribution in [2.75, 3.05) is 6.54 Å². The maximum atomic E-state index is 4.25. The highest BCUT2D eigenvalue weighted by atomic mass is 15.4. The van der Waals surface area contributed by atoms with E-state index < -0.39 is 0 Å². The van der Waals surface area contributed by atoms with Crippen molar-refractivity contribution >= 4 is 0 Å². The predicted molar refractivity (Wildman–Crippen MR) is 59.4 cm³/mol. The summed E-state index contributed by atoms with van der Waals surface area (Å²) in [6.45, 7) is 9.73. The van der Waals surface area contributed by atoms with Crippen molar-refractivity contribution in [3.8, 4) is 0 Å². The number of aromatic nitrogens is 3. The van der Waals surface area contributed by atoms with E-state index in [1.807, 2.05) is 0 Å². The summed E-state index contributed by atoms with van der Waals surface area (Å²) in [5, 5.41) is 11.8. The van der Waals surface area contributed by atoms with Crippen LogP contribution in [0.15, 0.2) is 0 Å². The van der Waals surface area contributed by atoms with Crippen molar-refractivity contribution in [1.29, 1.82) is 0 Å². The van der Waals surface area contributed by atoms with Crippen molar-refractivity contribution in [3.05, 3.63) is 11.4 Å². The van der Waals surface area contributed by atoms with Crippen LogP contribution in [0.3, 0.4) is 0 Å². The molecule has 1 aliphatic rings. The molecule has 84 valence electrons. The number of fused-ring (bicyclic) bond motifs is 1. The summed E-state index contributed by atoms with van der Waals surface area (Å²) in [4.78, 5) is 0. The fourth-order valence-electron chi connectivity index (χ4n) is 1.82. The number of nitrogens with one attached hydrogen (secondary N) is 1. The van der Waals surface area contributed by atoms with E-state index in [0.717, 1.165) is 31.7 Å². The average molecular weight is 208 g/mol. The molecule has 1 aliphatic heterocycles. The molecule has 2 heterocycles. The van der Waals surface area contributed by atoms with Crippen molar-refractivity contribution in [2.24, 2.45) is 11.8 Å². The van der Waals surface area contributed by atoms with Crippen LogP contribution in [-0.4, -0.2) is 21.5 Å². The Kier molecular flexibility index (Phi) is 3.05. The van der Waals surface area contributed by atoms with Crippen LogP contribution in [0.4, 0.5) is 0 Å². The molecule has 0 amide bonds. The van der Waals surface area contributed by atoms with Gasteiger partial charge in [0.1, 0.15) is 0 Å². The molecule has 0 spiro atoms. The van der Waals surface area contributed by atoms with Crippen molar-refractivity contribution in [2.45, 2.75) is 40.3 Å². The molecule has 4 nitrogen and oxygen atoms in total. The molecule has 0 aromatic carbocycles. The number of rotatable bonds is 3. The summed E-state index contributed by atoms with van der Waals surface area (Å²) in [7, 11) is 0. The van der Waals surface area contributed by atoms with Crippen LogP contribution in [0, 0.1) is 11.8 Å². The first-order valence-electron chi connectivity index (χ1n) is 5.80. The van der Waals surface area contributed by atoms with Crippen molar-refractivity contribution in [3.63, 3.8) is 0 Å². The Hall–Kier alpha value is -0.900. The zero-order chi connectivity index (χ0) is 10.8. The first-order valence-corrected chi connectivity index (χ1v) is 5.80. The SMILES string of the molecule is CC(C)C(C)Cn1nnc2c1CCNC2. The van der Waals surface area contributed by atoms with E-state index in [1.165, 1.54) is 5.69 Å². The molecule has 1 unspecified atom stereocenters. The van der Waals surface area contributed by atoms with Gasteiger partial charge < -0.3 is 5.32 Å². The maximum absolute atomic E-state index is 4.25. The standard InChI is InChI=1S/C11H20N4/c1-8(2)9(3)7-15-11-4-5-12-6-10(11)13-14-15/h8-9,12H,4-7H2,1-3H3. The lowest BCUT2D eigenvalue weighted by Crippen LogP contribution is -2.26. The molecular formula is C11H20N4. The van der Waals surface area contributed by atoms with Crippen LogP contribution in [-0.2, 0) is 19.5 Å². The third-order valence-electron chi connectivity index (χ3n) is 3.35. The molecule has 0 radical (unpaired) electrons. The summed E-state index contributed by atoms with van der Waals surface area (Å²) in [6, 6.07) is 0. The Morgan fingerprint density at radius 1 is 1.40 bits per heavy atom. The van der Waals surface area contributed by atoms with E-state index in [1.54, 1.807) is 0 Å². The van der Waals surface area contributed by atoms with E-state index in [0.29, 0.717) is 11.8 Å². The summed E-state index contributed by atoms with van der Waals surface area (Å²) in [5.74, 6) is 1.36. The van der Waals surface area contributed by atoms with Gasteiger partial charge in [0.05, 0.1) is 11.4 Å². The van der Waals surface area contributed by atoms with Crippen molar-refractivity contribution < 1.29 is 0 Å². The Labute approximate surface area is 91.1 Å². The highest BCUT2D eigenvalue weighted by Gasteiger charge is 2.18. The zero-order valence-electron chi connectivity index (χ0n) is 9.82. The molecule has 1 N–H and O–H groups in total. The Morgan fingerprint density at radius 3 is 2.93 bits per heavy atom. The van der Waals surface area contributed by atoms with Gasteiger partial charge in [-0.1, -0.05) is 26.0 Å². The van der Waals surface area contributed by atoms with Crippen LogP contribution in [0.1, 0.15) is 32.2 Å². The minimum Gasteiger partial charge on any atom is -0.311 e. The normalized spacial score (nSPS) is 17.9. The lowest BCUT2D eigenvalue weighted by Gasteiger charge is -2.18. The fraction of sp³-hybridized carbons (Fsp3) is 0.818. The van der Waals surface area contributed by atoms with Gasteiger partial charge in [-0.15, -0.1) is 5.10 Å². The van der Waals surface area contributed by atoms with Gasteiger partial charge in [0, 0.05) is 26.1 Å². The summed E-state index contributed by atoms with van der Waals surface area (Å²) in [6.07, 6.45) is 1.06. The van der Waals surface area contributed by atoms with E-state index >= 15 is 0 Å². The molecule has 4 heteroatoms. The third-order valence-corrected chi connectivity index (χ3v) is 3.35. The molecule has 0 saturated heterocycles. The van der Waals surface area contributed by atoms with Gasteiger partial charge in [0.15, 0.2) is 0 Å². The molecule has 1 atom stereocenters. The fourth-order valence-corrected chi connectivity index (χ4v) is 1.82. The van der Waals surface area contributed by atoms with Gasteiger partial charge in [-0.05, 0) is 11.8 Å². The average Bonchev–Trinajstić information content (AvgIpc) is 2.62. The van der Waals surface area contributed by atoms with Crippen LogP contribution in [0.5, 0.6) is 0 Å². The topological polar surface area (TPSA) is 42.7 Å². The predicted octanol–water partition coefficient (Wildman–Crippen LogP) is 1.22. The van der Waals surface area contributed by atoms with Crippen LogP contribution in [0.2, 0.25) is 0 Å². The van der Waals surface area contributed by atoms with Gasteiger partial charge in [0.2, 0.25) is 0 Å². The summed E-state index contributed by atoms with van der Waals surface area (Å²) in [5.41, 5.74) is 2.47. The Bertz CT molecular complexity index is 329. The van der Waals surface area contributed by atoms with Crippen LogP contribution < -0.4 is 5.32 Å². The first-order chi connectivity index (χ1) is 7.18. The van der Waals surface area contributed by atoms with E-state index in [-0.39, 0.29) is 0 Å². The highest BCUT2D eigenvalue weighted by Crippen LogP contribution is 2.16. The lowest BCUT2D eigenvalue weighted by molar-refractivity contribution is 0.339. The minimum atomic E-state index is 0.658. The minimum absolute atomic E-state index is 0.658. The largest absolute Gasteiger partial charge is 0.311 e. The highest BCUT2D eigenvalue weighted by molar-refractivity contribution is 5.13. The number of hydrogen-bond donors (Lipinski definition) is 1. The van der Waals surface area contributed by atoms with Gasteiger partial charge in [-0.2, -0.15) is 0 Å². The second kappa shape index (κ2) is 4.31. The third kappa shape index (κ3) is 2.20. The molecule has 2 rings (SSSR count). The molecule has 15 heavy (non-hydrogen) atoms. The number of nitrogens with zero attached hydrogens (tertiary/aromatic N) is 3. The quantitative estimate of drug-likeness (QED) is 0.812. The molecule has 0 fully saturated rings. The van der Waals surface area contributed by atoms with Gasteiger partial charge in [0.25, 0.3) is 0 Å². The monoisotopic (exact) mass is 208 g/mol. The molecule has 0 aliphatic carbocycles. The van der Waals surface area contributed by atoms with Gasteiger partial charge >= 0.3 is 0 Å². The van der Waals surface area contributed by atoms with Crippen molar-refractivity contribution in [1.82, 2.24) is 20.3 Å². The molecule has 0 saturated carbocycles. The second-order valence-electron chi connectivity index (χ2n) is 4.81. The van der Waals surface area contributed by atoms with E-state index in [9.17, 15) is 0 Å². The summed E-state index contributed by atoms with van der Waals surface area (Å²) >= 11 is 0. The smallest absolute Gasteiger partial charge is 0.0997 e. The first kappa shape index (κ1) is 10.6. The van der Waals surface area contributed by atoms with Gasteiger partial charge in [-0.25, -0.2) is 4.68 Å². The molecule has 1 aromatic heterocycles. The molecule has 1 aromatic rings. The Morgan fingerprint density at radius 2 is 2.20 bits per heavy atom. The van der Waals surface area contributed by atoms with E-state index in [4.69, 9.17) is 0 Å². The lowest BCUT2D eigenvalue weighted by atomic mass is 9.98. The Balaban J connectivity index is 2.11. The van der Waals surface area contributed by atoms with Gasteiger partial charge in [-0.3, -0.25) is 0 Å². The maximum Gasteiger partial charge on any atom is 0.0997 e. The number of hydrogen-bond acceptors (Lipinski definition) is 3. The van der Waals surface area contributed by atoms with Crippen LogP contribution in [0.25, 0.3) is 0 Å². The second-order valence-corrected chi connectivity index (χ2v) is 4.81. The molecule has 0 bridgehead atoms. The zero-order valence-corrected chi connectivity index (χ0v) is 9.82. The van der Waals surface area contributed by atoms with Crippen LogP contribution >= 0.6 is 0 Å². The summed E-state index contributed by atoms with van der Waals surface area (Å²) < 4.78 is 2.10. The van der Waals surface area contributed by atoms with E-state index in [2.05, 4.69) is 41.1 Å². The molecular weight excluding hydrogens is 188 g/mol.